The highest BCUT2D eigenvalue weighted by atomic mass is 19.4. The minimum Gasteiger partial charge on any atom is -0.331 e. The quantitative estimate of drug-likeness (QED) is 0.827. The van der Waals surface area contributed by atoms with Gasteiger partial charge in [0.25, 0.3) is 0 Å². The highest BCUT2D eigenvalue weighted by molar-refractivity contribution is 5.32. The molecule has 0 radical (unpaired) electrons. The summed E-state index contributed by atoms with van der Waals surface area (Å²) >= 11 is 0. The number of nitrogens with zero attached hydrogens (tertiary/aromatic N) is 2. The third kappa shape index (κ3) is 2.93. The van der Waals surface area contributed by atoms with E-state index >= 15 is 0 Å². The molecule has 0 saturated carbocycles. The van der Waals surface area contributed by atoms with Crippen molar-refractivity contribution in [2.75, 3.05) is 5.32 Å². The molecule has 0 atom stereocenters. The average molecular weight is 217 g/mol. The zero-order valence-corrected chi connectivity index (χ0v) is 8.26. The Kier molecular flexibility index (Phi) is 3.28. The third-order valence-corrected chi connectivity index (χ3v) is 1.66. The molecular formula is C9H10F3N3. The van der Waals surface area contributed by atoms with E-state index in [1.807, 2.05) is 0 Å². The number of nitrogens with one attached hydrogen (secondary N) is 1. The van der Waals surface area contributed by atoms with Crippen molar-refractivity contribution in [1.82, 2.24) is 9.97 Å². The largest absolute Gasteiger partial charge is 0.419 e. The number of rotatable bonds is 2. The fourth-order valence-electron chi connectivity index (χ4n) is 0.973. The summed E-state index contributed by atoms with van der Waals surface area (Å²) in [6.45, 7) is 3.06. The fraction of sp³-hybridized carbons (Fsp3) is 0.333. The Hall–Kier alpha value is -1.59. The van der Waals surface area contributed by atoms with Crippen molar-refractivity contribution in [3.63, 3.8) is 0 Å². The van der Waals surface area contributed by atoms with E-state index in [2.05, 4.69) is 15.3 Å². The predicted octanol–water partition coefficient (Wildman–Crippen LogP) is 2.75. The van der Waals surface area contributed by atoms with Crippen molar-refractivity contribution in [2.24, 2.45) is 0 Å². The van der Waals surface area contributed by atoms with Gasteiger partial charge in [-0.3, -0.25) is 0 Å². The molecule has 0 unspecified atom stereocenters. The number of allylic oxidation sites excluding steroid dienone is 1. The van der Waals surface area contributed by atoms with Crippen molar-refractivity contribution >= 4 is 5.95 Å². The van der Waals surface area contributed by atoms with E-state index < -0.39 is 11.7 Å². The summed E-state index contributed by atoms with van der Waals surface area (Å²) in [5, 5.41) is 2.64. The Labute approximate surface area is 85.1 Å². The van der Waals surface area contributed by atoms with Gasteiger partial charge in [-0.1, -0.05) is 6.08 Å². The highest BCUT2D eigenvalue weighted by Gasteiger charge is 2.33. The number of aromatic nitrogens is 2. The summed E-state index contributed by atoms with van der Waals surface area (Å²) in [6, 6.07) is 0. The molecule has 0 aliphatic heterocycles. The average Bonchev–Trinajstić information content (AvgIpc) is 2.12. The molecule has 1 heterocycles. The minimum absolute atomic E-state index is 0.0931. The lowest BCUT2D eigenvalue weighted by Crippen LogP contribution is -2.10. The molecule has 1 N–H and O–H groups in total. The SMILES string of the molecule is C/C=C/Nc1ncc(C(F)(F)F)c(C)n1. The predicted molar refractivity (Wildman–Crippen MR) is 50.2 cm³/mol. The second kappa shape index (κ2) is 4.29. The van der Waals surface area contributed by atoms with Crippen LogP contribution in [0.4, 0.5) is 19.1 Å². The number of aryl methyl sites for hydroxylation is 1. The zero-order valence-electron chi connectivity index (χ0n) is 8.26. The van der Waals surface area contributed by atoms with Gasteiger partial charge in [0.15, 0.2) is 0 Å². The number of anilines is 1. The first-order chi connectivity index (χ1) is 6.95. The van der Waals surface area contributed by atoms with Gasteiger partial charge in [-0.25, -0.2) is 9.97 Å². The Morgan fingerprint density at radius 3 is 2.53 bits per heavy atom. The molecule has 0 aromatic carbocycles. The van der Waals surface area contributed by atoms with E-state index in [0.717, 1.165) is 6.20 Å². The molecule has 0 aliphatic carbocycles. The maximum Gasteiger partial charge on any atom is 0.419 e. The summed E-state index contributed by atoms with van der Waals surface area (Å²) in [4.78, 5) is 7.23. The minimum atomic E-state index is -4.40. The van der Waals surface area contributed by atoms with E-state index in [1.165, 1.54) is 6.92 Å². The van der Waals surface area contributed by atoms with Gasteiger partial charge >= 0.3 is 6.18 Å². The van der Waals surface area contributed by atoms with Gasteiger partial charge in [0.2, 0.25) is 5.95 Å². The highest BCUT2D eigenvalue weighted by Crippen LogP contribution is 2.30. The molecule has 0 saturated heterocycles. The molecule has 15 heavy (non-hydrogen) atoms. The number of hydrogen-bond acceptors (Lipinski definition) is 3. The Morgan fingerprint density at radius 2 is 2.07 bits per heavy atom. The topological polar surface area (TPSA) is 37.8 Å². The van der Waals surface area contributed by atoms with Crippen LogP contribution in [0.1, 0.15) is 18.2 Å². The van der Waals surface area contributed by atoms with E-state index in [9.17, 15) is 13.2 Å². The normalized spacial score (nSPS) is 12.1. The lowest BCUT2D eigenvalue weighted by Gasteiger charge is -2.09. The van der Waals surface area contributed by atoms with Crippen LogP contribution in [0.25, 0.3) is 0 Å². The molecule has 1 aromatic heterocycles. The smallest absolute Gasteiger partial charge is 0.331 e. The van der Waals surface area contributed by atoms with Crippen LogP contribution >= 0.6 is 0 Å². The van der Waals surface area contributed by atoms with Crippen LogP contribution in [0.5, 0.6) is 0 Å². The summed E-state index contributed by atoms with van der Waals surface area (Å²) < 4.78 is 37.0. The molecule has 3 nitrogen and oxygen atoms in total. The number of hydrogen-bond donors (Lipinski definition) is 1. The lowest BCUT2D eigenvalue weighted by molar-refractivity contribution is -0.138. The molecule has 82 valence electrons. The monoisotopic (exact) mass is 217 g/mol. The lowest BCUT2D eigenvalue weighted by atomic mass is 10.2. The first-order valence-electron chi connectivity index (χ1n) is 4.23. The first kappa shape index (κ1) is 11.5. The Morgan fingerprint density at radius 1 is 1.40 bits per heavy atom. The van der Waals surface area contributed by atoms with Crippen LogP contribution in [-0.2, 0) is 6.18 Å². The van der Waals surface area contributed by atoms with Gasteiger partial charge in [-0.2, -0.15) is 13.2 Å². The molecule has 0 fully saturated rings. The molecule has 6 heteroatoms. The third-order valence-electron chi connectivity index (χ3n) is 1.66. The van der Waals surface area contributed by atoms with Crippen molar-refractivity contribution in [3.05, 3.63) is 29.7 Å². The Bertz CT molecular complexity index is 371. The number of halogens is 3. The van der Waals surface area contributed by atoms with Crippen molar-refractivity contribution < 1.29 is 13.2 Å². The molecule has 0 bridgehead atoms. The van der Waals surface area contributed by atoms with Gasteiger partial charge in [0, 0.05) is 6.20 Å². The van der Waals surface area contributed by atoms with Gasteiger partial charge in [0.1, 0.15) is 0 Å². The van der Waals surface area contributed by atoms with Crippen molar-refractivity contribution in [2.45, 2.75) is 20.0 Å². The fourth-order valence-corrected chi connectivity index (χ4v) is 0.973. The maximum absolute atomic E-state index is 12.3. The van der Waals surface area contributed by atoms with Gasteiger partial charge < -0.3 is 5.32 Å². The van der Waals surface area contributed by atoms with Crippen LogP contribution in [-0.4, -0.2) is 9.97 Å². The molecule has 0 amide bonds. The molecule has 1 aromatic rings. The van der Waals surface area contributed by atoms with E-state index in [-0.39, 0.29) is 11.6 Å². The van der Waals surface area contributed by atoms with Gasteiger partial charge in [-0.05, 0) is 20.0 Å². The van der Waals surface area contributed by atoms with E-state index in [0.29, 0.717) is 0 Å². The van der Waals surface area contributed by atoms with E-state index in [4.69, 9.17) is 0 Å². The second-order valence-electron chi connectivity index (χ2n) is 2.83. The van der Waals surface area contributed by atoms with Crippen molar-refractivity contribution in [3.8, 4) is 0 Å². The standard InChI is InChI=1S/C9H10F3N3/c1-3-4-13-8-14-5-7(6(2)15-8)9(10,11)12/h3-5H,1-2H3,(H,13,14,15)/b4-3+. The van der Waals surface area contributed by atoms with Crippen molar-refractivity contribution in [1.29, 1.82) is 0 Å². The Balaban J connectivity index is 2.98. The maximum atomic E-state index is 12.3. The van der Waals surface area contributed by atoms with Crippen LogP contribution in [0.3, 0.4) is 0 Å². The molecule has 0 aliphatic rings. The molecule has 1 rings (SSSR count). The molecular weight excluding hydrogens is 207 g/mol. The van der Waals surface area contributed by atoms with Crippen LogP contribution < -0.4 is 5.32 Å². The van der Waals surface area contributed by atoms with Gasteiger partial charge in [-0.15, -0.1) is 0 Å². The summed E-state index contributed by atoms with van der Waals surface area (Å²) in [6.07, 6.45) is -0.393. The summed E-state index contributed by atoms with van der Waals surface area (Å²) in [5.41, 5.74) is -0.905. The molecule has 0 spiro atoms. The van der Waals surface area contributed by atoms with Crippen LogP contribution in [0, 0.1) is 6.92 Å². The zero-order chi connectivity index (χ0) is 11.5. The van der Waals surface area contributed by atoms with E-state index in [1.54, 1.807) is 19.2 Å². The van der Waals surface area contributed by atoms with Crippen LogP contribution in [0.15, 0.2) is 18.5 Å². The summed E-state index contributed by atoms with van der Waals surface area (Å²) in [5.74, 6) is 0.151. The second-order valence-corrected chi connectivity index (χ2v) is 2.83. The number of alkyl halides is 3. The first-order valence-corrected chi connectivity index (χ1v) is 4.23. The van der Waals surface area contributed by atoms with Crippen LogP contribution in [0.2, 0.25) is 0 Å². The summed E-state index contributed by atoms with van der Waals surface area (Å²) in [7, 11) is 0. The van der Waals surface area contributed by atoms with Gasteiger partial charge in [0.05, 0.1) is 11.3 Å².